The molecule has 0 radical (unpaired) electrons. The van der Waals surface area contributed by atoms with E-state index in [1.165, 1.54) is 18.0 Å². The van der Waals surface area contributed by atoms with Crippen molar-refractivity contribution in [3.8, 4) is 6.07 Å². The van der Waals surface area contributed by atoms with Crippen LogP contribution in [0.3, 0.4) is 0 Å². The van der Waals surface area contributed by atoms with Gasteiger partial charge in [0.1, 0.15) is 11.1 Å². The van der Waals surface area contributed by atoms with Crippen LogP contribution in [0, 0.1) is 11.3 Å². The standard InChI is InChI=1S/C10H7N5S/c11-5-8-10(15-4-3-14-8)16-9-1-2-13-6-7(9)12/h1-4,6H,12H2. The first kappa shape index (κ1) is 10.4. The summed E-state index contributed by atoms with van der Waals surface area (Å²) in [5.41, 5.74) is 6.60. The molecule has 2 aromatic heterocycles. The Labute approximate surface area is 96.4 Å². The third kappa shape index (κ3) is 2.10. The minimum Gasteiger partial charge on any atom is -0.397 e. The second kappa shape index (κ2) is 4.59. The number of nitrogens with two attached hydrogens (primary N) is 1. The third-order valence-electron chi connectivity index (χ3n) is 1.79. The molecule has 78 valence electrons. The van der Waals surface area contributed by atoms with E-state index in [0.29, 0.717) is 16.4 Å². The Morgan fingerprint density at radius 2 is 2.06 bits per heavy atom. The van der Waals surface area contributed by atoms with Gasteiger partial charge in [0, 0.05) is 23.5 Å². The summed E-state index contributed by atoms with van der Waals surface area (Å²) in [5.74, 6) is 0. The second-order valence-electron chi connectivity index (χ2n) is 2.84. The van der Waals surface area contributed by atoms with Gasteiger partial charge >= 0.3 is 0 Å². The van der Waals surface area contributed by atoms with Gasteiger partial charge in [-0.05, 0) is 6.07 Å². The van der Waals surface area contributed by atoms with Crippen molar-refractivity contribution in [2.45, 2.75) is 9.92 Å². The number of nitrogen functional groups attached to an aromatic ring is 1. The number of rotatable bonds is 2. The van der Waals surface area contributed by atoms with Crippen molar-refractivity contribution in [3.05, 3.63) is 36.5 Å². The monoisotopic (exact) mass is 229 g/mol. The number of pyridine rings is 1. The van der Waals surface area contributed by atoms with Gasteiger partial charge < -0.3 is 5.73 Å². The molecule has 0 aliphatic carbocycles. The molecule has 0 aliphatic heterocycles. The van der Waals surface area contributed by atoms with Gasteiger partial charge in [0.15, 0.2) is 5.69 Å². The maximum atomic E-state index is 8.86. The third-order valence-corrected chi connectivity index (χ3v) is 2.87. The van der Waals surface area contributed by atoms with Gasteiger partial charge in [-0.2, -0.15) is 5.26 Å². The lowest BCUT2D eigenvalue weighted by Gasteiger charge is -2.03. The van der Waals surface area contributed by atoms with Crippen LogP contribution in [0.2, 0.25) is 0 Å². The Balaban J connectivity index is 2.35. The van der Waals surface area contributed by atoms with Gasteiger partial charge in [-0.3, -0.25) is 4.98 Å². The summed E-state index contributed by atoms with van der Waals surface area (Å²) in [6, 6.07) is 3.76. The Bertz CT molecular complexity index is 549. The van der Waals surface area contributed by atoms with E-state index in [1.54, 1.807) is 24.7 Å². The zero-order valence-corrected chi connectivity index (χ0v) is 8.98. The molecule has 0 spiro atoms. The largest absolute Gasteiger partial charge is 0.397 e. The summed E-state index contributed by atoms with van der Waals surface area (Å²) in [4.78, 5) is 12.7. The number of anilines is 1. The molecule has 2 aromatic rings. The normalized spacial score (nSPS) is 9.69. The fourth-order valence-corrected chi connectivity index (χ4v) is 1.88. The minimum atomic E-state index is 0.295. The molecule has 2 N–H and O–H groups in total. The van der Waals surface area contributed by atoms with Crippen LogP contribution in [0.4, 0.5) is 5.69 Å². The van der Waals surface area contributed by atoms with E-state index in [4.69, 9.17) is 11.0 Å². The topological polar surface area (TPSA) is 88.5 Å². The summed E-state index contributed by atoms with van der Waals surface area (Å²) in [6.45, 7) is 0. The highest BCUT2D eigenvalue weighted by molar-refractivity contribution is 7.99. The molecule has 0 amide bonds. The van der Waals surface area contributed by atoms with Crippen LogP contribution in [-0.2, 0) is 0 Å². The van der Waals surface area contributed by atoms with Crippen molar-refractivity contribution < 1.29 is 0 Å². The zero-order chi connectivity index (χ0) is 11.4. The van der Waals surface area contributed by atoms with Crippen molar-refractivity contribution >= 4 is 17.4 Å². The van der Waals surface area contributed by atoms with Gasteiger partial charge in [0.05, 0.1) is 11.9 Å². The van der Waals surface area contributed by atoms with E-state index < -0.39 is 0 Å². The zero-order valence-electron chi connectivity index (χ0n) is 8.16. The molecule has 0 aromatic carbocycles. The predicted octanol–water partition coefficient (Wildman–Crippen LogP) is 1.48. The first-order valence-corrected chi connectivity index (χ1v) is 5.21. The van der Waals surface area contributed by atoms with Crippen LogP contribution < -0.4 is 5.73 Å². The van der Waals surface area contributed by atoms with Crippen LogP contribution in [0.5, 0.6) is 0 Å². The van der Waals surface area contributed by atoms with Crippen LogP contribution in [0.25, 0.3) is 0 Å². The number of nitrogens with zero attached hydrogens (tertiary/aromatic N) is 4. The maximum absolute atomic E-state index is 8.86. The average molecular weight is 229 g/mol. The lowest BCUT2D eigenvalue weighted by molar-refractivity contribution is 1.02. The fourth-order valence-electron chi connectivity index (χ4n) is 1.07. The number of aromatic nitrogens is 3. The summed E-state index contributed by atoms with van der Waals surface area (Å²) < 4.78 is 0. The smallest absolute Gasteiger partial charge is 0.173 e. The first-order chi connectivity index (χ1) is 7.81. The molecule has 6 heteroatoms. The summed E-state index contributed by atoms with van der Waals surface area (Å²) in [5, 5.41) is 9.40. The van der Waals surface area contributed by atoms with Gasteiger partial charge in [0.25, 0.3) is 0 Å². The molecule has 0 unspecified atom stereocenters. The number of nitriles is 1. The summed E-state index contributed by atoms with van der Waals surface area (Å²) in [7, 11) is 0. The Morgan fingerprint density at radius 1 is 1.25 bits per heavy atom. The van der Waals surface area contributed by atoms with Gasteiger partial charge in [-0.1, -0.05) is 11.8 Å². The lowest BCUT2D eigenvalue weighted by atomic mass is 10.4. The van der Waals surface area contributed by atoms with Crippen molar-refractivity contribution in [3.63, 3.8) is 0 Å². The molecule has 0 saturated heterocycles. The van der Waals surface area contributed by atoms with Gasteiger partial charge in [0.2, 0.25) is 0 Å². The first-order valence-electron chi connectivity index (χ1n) is 4.39. The molecule has 0 saturated carbocycles. The van der Waals surface area contributed by atoms with Gasteiger partial charge in [-0.15, -0.1) is 0 Å². The number of hydrogen-bond donors (Lipinski definition) is 1. The predicted molar refractivity (Wildman–Crippen MR) is 59.5 cm³/mol. The molecule has 0 aliphatic rings. The van der Waals surface area contributed by atoms with E-state index in [0.717, 1.165) is 4.90 Å². The Hall–Kier alpha value is -2.13. The van der Waals surface area contributed by atoms with E-state index in [-0.39, 0.29) is 0 Å². The average Bonchev–Trinajstić information content (AvgIpc) is 2.33. The molecular formula is C10H7N5S. The highest BCUT2D eigenvalue weighted by atomic mass is 32.2. The molecular weight excluding hydrogens is 222 g/mol. The number of hydrogen-bond acceptors (Lipinski definition) is 6. The fraction of sp³-hybridized carbons (Fsp3) is 0. The Kier molecular flexibility index (Phi) is 2.98. The lowest BCUT2D eigenvalue weighted by Crippen LogP contribution is -1.93. The van der Waals surface area contributed by atoms with E-state index in [1.807, 2.05) is 6.07 Å². The molecule has 0 fully saturated rings. The van der Waals surface area contributed by atoms with E-state index in [2.05, 4.69) is 15.0 Å². The highest BCUT2D eigenvalue weighted by Gasteiger charge is 2.08. The second-order valence-corrected chi connectivity index (χ2v) is 3.87. The van der Waals surface area contributed by atoms with Crippen molar-refractivity contribution in [1.82, 2.24) is 15.0 Å². The van der Waals surface area contributed by atoms with Crippen LogP contribution in [0.15, 0.2) is 40.8 Å². The van der Waals surface area contributed by atoms with Gasteiger partial charge in [-0.25, -0.2) is 9.97 Å². The van der Waals surface area contributed by atoms with Crippen LogP contribution in [0.1, 0.15) is 5.69 Å². The van der Waals surface area contributed by atoms with Crippen molar-refractivity contribution in [1.29, 1.82) is 5.26 Å². The maximum Gasteiger partial charge on any atom is 0.173 e. The van der Waals surface area contributed by atoms with Crippen LogP contribution >= 0.6 is 11.8 Å². The highest BCUT2D eigenvalue weighted by Crippen LogP contribution is 2.30. The minimum absolute atomic E-state index is 0.295. The molecule has 0 bridgehead atoms. The summed E-state index contributed by atoms with van der Waals surface area (Å²) in [6.07, 6.45) is 6.23. The molecule has 2 heterocycles. The SMILES string of the molecule is N#Cc1nccnc1Sc1ccncc1N. The van der Waals surface area contributed by atoms with E-state index >= 15 is 0 Å². The van der Waals surface area contributed by atoms with E-state index in [9.17, 15) is 0 Å². The molecule has 0 atom stereocenters. The quantitative estimate of drug-likeness (QED) is 0.839. The molecule has 16 heavy (non-hydrogen) atoms. The van der Waals surface area contributed by atoms with Crippen LogP contribution in [-0.4, -0.2) is 15.0 Å². The summed E-state index contributed by atoms with van der Waals surface area (Å²) >= 11 is 1.30. The Morgan fingerprint density at radius 3 is 2.81 bits per heavy atom. The molecule has 5 nitrogen and oxygen atoms in total. The molecule has 2 rings (SSSR count). The van der Waals surface area contributed by atoms with Crippen molar-refractivity contribution in [2.24, 2.45) is 0 Å². The van der Waals surface area contributed by atoms with Crippen molar-refractivity contribution in [2.75, 3.05) is 5.73 Å².